The number of hydrogen-bond donors (Lipinski definition) is 0. The first-order valence-electron chi connectivity index (χ1n) is 5.90. The average molecular weight is 320 g/mol. The van der Waals surface area contributed by atoms with E-state index in [1.165, 1.54) is 19.2 Å². The zero-order valence-electron chi connectivity index (χ0n) is 10.8. The lowest BCUT2D eigenvalue weighted by molar-refractivity contribution is -0.149. The summed E-state index contributed by atoms with van der Waals surface area (Å²) in [7, 11) is -2.67. The first-order chi connectivity index (χ1) is 9.48. The molecule has 0 amide bonds. The molecule has 1 aliphatic rings. The standard InChI is InChI=1S/C12H14ClNO5S/c1-18-12(15)10-8-19-7-6-14(10)20(16,17)11-5-3-2-4-9(11)13/h2-5,10H,6-8H2,1H3. The molecule has 2 rings (SSSR count). The van der Waals surface area contributed by atoms with Gasteiger partial charge in [-0.2, -0.15) is 4.31 Å². The number of hydrogen-bond acceptors (Lipinski definition) is 5. The summed E-state index contributed by atoms with van der Waals surface area (Å²) in [5.41, 5.74) is 0. The lowest BCUT2D eigenvalue weighted by atomic mass is 10.3. The minimum atomic E-state index is -3.88. The van der Waals surface area contributed by atoms with Gasteiger partial charge in [0.1, 0.15) is 10.9 Å². The summed E-state index contributed by atoms with van der Waals surface area (Å²) in [6.45, 7) is 0.265. The molecule has 6 nitrogen and oxygen atoms in total. The molecule has 1 saturated heterocycles. The Bertz CT molecular complexity index is 604. The van der Waals surface area contributed by atoms with E-state index in [0.717, 1.165) is 4.31 Å². The van der Waals surface area contributed by atoms with Crippen molar-refractivity contribution in [1.29, 1.82) is 0 Å². The largest absolute Gasteiger partial charge is 0.468 e. The van der Waals surface area contributed by atoms with Crippen molar-refractivity contribution < 1.29 is 22.7 Å². The van der Waals surface area contributed by atoms with Crippen molar-refractivity contribution in [1.82, 2.24) is 4.31 Å². The summed E-state index contributed by atoms with van der Waals surface area (Å²) in [6.07, 6.45) is 0. The first-order valence-corrected chi connectivity index (χ1v) is 7.72. The van der Waals surface area contributed by atoms with Crippen LogP contribution in [0.2, 0.25) is 5.02 Å². The van der Waals surface area contributed by atoms with Crippen LogP contribution in [0.4, 0.5) is 0 Å². The Morgan fingerprint density at radius 2 is 2.15 bits per heavy atom. The van der Waals surface area contributed by atoms with Crippen LogP contribution in [0.15, 0.2) is 29.2 Å². The molecule has 0 saturated carbocycles. The van der Waals surface area contributed by atoms with Gasteiger partial charge in [-0.3, -0.25) is 4.79 Å². The third-order valence-electron chi connectivity index (χ3n) is 2.98. The molecule has 0 N–H and O–H groups in total. The van der Waals surface area contributed by atoms with Crippen LogP contribution in [-0.4, -0.2) is 51.6 Å². The summed E-state index contributed by atoms with van der Waals surface area (Å²) >= 11 is 5.94. The lowest BCUT2D eigenvalue weighted by Gasteiger charge is -2.32. The Morgan fingerprint density at radius 3 is 2.80 bits per heavy atom. The number of sulfonamides is 1. The van der Waals surface area contributed by atoms with Gasteiger partial charge in [-0.1, -0.05) is 23.7 Å². The quantitative estimate of drug-likeness (QED) is 0.774. The fourth-order valence-corrected chi connectivity index (χ4v) is 4.02. The number of methoxy groups -OCH3 is 1. The molecule has 0 aromatic heterocycles. The maximum absolute atomic E-state index is 12.6. The minimum absolute atomic E-state index is 0.0301. The molecule has 1 aromatic carbocycles. The molecule has 8 heteroatoms. The monoisotopic (exact) mass is 319 g/mol. The molecular formula is C12H14ClNO5S. The van der Waals surface area contributed by atoms with Gasteiger partial charge in [-0.05, 0) is 12.1 Å². The highest BCUT2D eigenvalue weighted by atomic mass is 35.5. The van der Waals surface area contributed by atoms with E-state index in [9.17, 15) is 13.2 Å². The minimum Gasteiger partial charge on any atom is -0.468 e. The molecule has 1 fully saturated rings. The number of carbonyl (C=O) groups is 1. The molecule has 1 aliphatic heterocycles. The fourth-order valence-electron chi connectivity index (χ4n) is 1.98. The van der Waals surface area contributed by atoms with Gasteiger partial charge in [0.25, 0.3) is 0 Å². The van der Waals surface area contributed by atoms with Crippen LogP contribution < -0.4 is 0 Å². The molecule has 0 radical (unpaired) electrons. The van der Waals surface area contributed by atoms with E-state index in [-0.39, 0.29) is 29.7 Å². The normalized spacial score (nSPS) is 20.6. The van der Waals surface area contributed by atoms with Gasteiger partial charge in [-0.25, -0.2) is 8.42 Å². The number of rotatable bonds is 3. The molecule has 1 aromatic rings. The smallest absolute Gasteiger partial charge is 0.326 e. The highest BCUT2D eigenvalue weighted by molar-refractivity contribution is 7.89. The van der Waals surface area contributed by atoms with E-state index in [0.29, 0.717) is 0 Å². The molecule has 1 heterocycles. The molecule has 0 aliphatic carbocycles. The second-order valence-electron chi connectivity index (χ2n) is 4.16. The van der Waals surface area contributed by atoms with Crippen LogP contribution in [0.5, 0.6) is 0 Å². The van der Waals surface area contributed by atoms with Gasteiger partial charge in [-0.15, -0.1) is 0 Å². The average Bonchev–Trinajstić information content (AvgIpc) is 2.46. The van der Waals surface area contributed by atoms with Crippen LogP contribution >= 0.6 is 11.6 Å². The van der Waals surface area contributed by atoms with E-state index in [4.69, 9.17) is 16.3 Å². The number of carbonyl (C=O) groups excluding carboxylic acids is 1. The van der Waals surface area contributed by atoms with Crippen molar-refractivity contribution >= 4 is 27.6 Å². The van der Waals surface area contributed by atoms with E-state index in [1.807, 2.05) is 0 Å². The van der Waals surface area contributed by atoms with Gasteiger partial charge < -0.3 is 9.47 Å². The Labute approximate surface area is 122 Å². The number of halogens is 1. The lowest BCUT2D eigenvalue weighted by Crippen LogP contribution is -2.52. The number of ether oxygens (including phenoxy) is 2. The first kappa shape index (κ1) is 15.2. The Kier molecular flexibility index (Phi) is 4.64. The Balaban J connectivity index is 2.41. The molecule has 1 atom stereocenters. The third-order valence-corrected chi connectivity index (χ3v) is 5.38. The number of esters is 1. The predicted octanol–water partition coefficient (Wildman–Crippen LogP) is 0.903. The van der Waals surface area contributed by atoms with Gasteiger partial charge in [0, 0.05) is 6.54 Å². The van der Waals surface area contributed by atoms with Crippen molar-refractivity contribution in [3.63, 3.8) is 0 Å². The number of morpholine rings is 1. The molecule has 0 spiro atoms. The van der Waals surface area contributed by atoms with Crippen molar-refractivity contribution in [2.45, 2.75) is 10.9 Å². The van der Waals surface area contributed by atoms with Gasteiger partial charge >= 0.3 is 5.97 Å². The number of benzene rings is 1. The van der Waals surface area contributed by atoms with Crippen LogP contribution in [0, 0.1) is 0 Å². The highest BCUT2D eigenvalue weighted by Gasteiger charge is 2.39. The Hall–Kier alpha value is -1.15. The van der Waals surface area contributed by atoms with E-state index >= 15 is 0 Å². The van der Waals surface area contributed by atoms with Gasteiger partial charge in [0.2, 0.25) is 10.0 Å². The zero-order chi connectivity index (χ0) is 14.8. The summed E-state index contributed by atoms with van der Waals surface area (Å²) in [5, 5.41) is 0.114. The second kappa shape index (κ2) is 6.09. The van der Waals surface area contributed by atoms with Crippen LogP contribution in [0.3, 0.4) is 0 Å². The topological polar surface area (TPSA) is 72.9 Å². The van der Waals surface area contributed by atoms with Crippen LogP contribution in [0.25, 0.3) is 0 Å². The van der Waals surface area contributed by atoms with E-state index in [1.54, 1.807) is 12.1 Å². The van der Waals surface area contributed by atoms with Crippen LogP contribution in [-0.2, 0) is 24.3 Å². The summed E-state index contributed by atoms with van der Waals surface area (Å²) in [5.74, 6) is -0.652. The van der Waals surface area contributed by atoms with Crippen molar-refractivity contribution in [2.24, 2.45) is 0 Å². The summed E-state index contributed by atoms with van der Waals surface area (Å²) in [6, 6.07) is 5.11. The third kappa shape index (κ3) is 2.80. The molecule has 1 unspecified atom stereocenters. The maximum atomic E-state index is 12.6. The molecule has 20 heavy (non-hydrogen) atoms. The Morgan fingerprint density at radius 1 is 1.45 bits per heavy atom. The van der Waals surface area contributed by atoms with Gasteiger partial charge in [0.15, 0.2) is 0 Å². The zero-order valence-corrected chi connectivity index (χ0v) is 12.4. The fraction of sp³-hybridized carbons (Fsp3) is 0.417. The predicted molar refractivity (Wildman–Crippen MR) is 72.0 cm³/mol. The van der Waals surface area contributed by atoms with E-state index < -0.39 is 22.0 Å². The second-order valence-corrected chi connectivity index (χ2v) is 6.43. The highest BCUT2D eigenvalue weighted by Crippen LogP contribution is 2.26. The van der Waals surface area contributed by atoms with E-state index in [2.05, 4.69) is 4.74 Å². The van der Waals surface area contributed by atoms with Crippen molar-refractivity contribution in [2.75, 3.05) is 26.9 Å². The molecule has 110 valence electrons. The SMILES string of the molecule is COC(=O)C1COCCN1S(=O)(=O)c1ccccc1Cl. The molecular weight excluding hydrogens is 306 g/mol. The van der Waals surface area contributed by atoms with Gasteiger partial charge in [0.05, 0.1) is 25.3 Å². The molecule has 0 bridgehead atoms. The van der Waals surface area contributed by atoms with Crippen molar-refractivity contribution in [3.8, 4) is 0 Å². The number of nitrogens with zero attached hydrogens (tertiary/aromatic N) is 1. The van der Waals surface area contributed by atoms with Crippen molar-refractivity contribution in [3.05, 3.63) is 29.3 Å². The maximum Gasteiger partial charge on any atom is 0.326 e. The summed E-state index contributed by atoms with van der Waals surface area (Å²) in [4.78, 5) is 11.7. The summed E-state index contributed by atoms with van der Waals surface area (Å²) < 4.78 is 36.1. The van der Waals surface area contributed by atoms with Crippen LogP contribution in [0.1, 0.15) is 0 Å².